The fraction of sp³-hybridized carbons (Fsp3) is 0.333. The number of aromatic hydroxyl groups is 1. The summed E-state index contributed by atoms with van der Waals surface area (Å²) in [5.74, 6) is 0.631. The Morgan fingerprint density at radius 1 is 0.958 bits per heavy atom. The molecule has 6 nitrogen and oxygen atoms in total. The predicted molar refractivity (Wildman–Crippen MR) is 88.1 cm³/mol. The fourth-order valence-electron chi connectivity index (χ4n) is 2.81. The third-order valence-corrected chi connectivity index (χ3v) is 4.19. The minimum Gasteiger partial charge on any atom is -0.507 e. The number of piperazine rings is 1. The Balaban J connectivity index is 1.65. The van der Waals surface area contributed by atoms with Crippen LogP contribution in [0.3, 0.4) is 0 Å². The maximum atomic E-state index is 12.6. The standard InChI is InChI=1S/C18H20N2O4/c1-12-3-5-15(21)14(11-12)17(22)19-7-9-20(10-8-19)18(23)16-6-4-13(2)24-16/h3-6,11,21H,7-10H2,1-2H3. The van der Waals surface area contributed by atoms with Crippen LogP contribution in [0, 0.1) is 13.8 Å². The summed E-state index contributed by atoms with van der Waals surface area (Å²) in [5, 5.41) is 9.90. The Morgan fingerprint density at radius 2 is 1.58 bits per heavy atom. The number of hydrogen-bond acceptors (Lipinski definition) is 4. The third-order valence-electron chi connectivity index (χ3n) is 4.19. The predicted octanol–water partition coefficient (Wildman–Crippen LogP) is 2.20. The molecule has 0 spiro atoms. The van der Waals surface area contributed by atoms with Crippen molar-refractivity contribution in [2.75, 3.05) is 26.2 Å². The van der Waals surface area contributed by atoms with E-state index in [4.69, 9.17) is 4.42 Å². The second-order valence-electron chi connectivity index (χ2n) is 6.02. The monoisotopic (exact) mass is 328 g/mol. The van der Waals surface area contributed by atoms with Gasteiger partial charge in [-0.1, -0.05) is 11.6 Å². The highest BCUT2D eigenvalue weighted by molar-refractivity contribution is 5.97. The van der Waals surface area contributed by atoms with E-state index in [1.165, 1.54) is 6.07 Å². The number of benzene rings is 1. The van der Waals surface area contributed by atoms with Crippen molar-refractivity contribution in [1.82, 2.24) is 9.80 Å². The van der Waals surface area contributed by atoms with Gasteiger partial charge in [0.05, 0.1) is 5.56 Å². The van der Waals surface area contributed by atoms with E-state index in [9.17, 15) is 14.7 Å². The van der Waals surface area contributed by atoms with Gasteiger partial charge in [0.25, 0.3) is 11.8 Å². The first kappa shape index (κ1) is 16.1. The van der Waals surface area contributed by atoms with Gasteiger partial charge < -0.3 is 19.3 Å². The van der Waals surface area contributed by atoms with E-state index in [0.29, 0.717) is 43.3 Å². The molecule has 2 heterocycles. The second kappa shape index (κ2) is 6.39. The van der Waals surface area contributed by atoms with Gasteiger partial charge in [-0.3, -0.25) is 9.59 Å². The third kappa shape index (κ3) is 3.13. The van der Waals surface area contributed by atoms with Crippen LogP contribution in [0.25, 0.3) is 0 Å². The van der Waals surface area contributed by atoms with Gasteiger partial charge in [0.2, 0.25) is 0 Å². The average molecular weight is 328 g/mol. The number of carbonyl (C=O) groups excluding carboxylic acids is 2. The summed E-state index contributed by atoms with van der Waals surface area (Å²) in [5.41, 5.74) is 1.22. The van der Waals surface area contributed by atoms with Crippen LogP contribution in [0.5, 0.6) is 5.75 Å². The molecular formula is C18H20N2O4. The Morgan fingerprint density at radius 3 is 2.17 bits per heavy atom. The van der Waals surface area contributed by atoms with E-state index in [2.05, 4.69) is 0 Å². The summed E-state index contributed by atoms with van der Waals surface area (Å²) in [7, 11) is 0. The topological polar surface area (TPSA) is 74.0 Å². The molecule has 1 saturated heterocycles. The molecular weight excluding hydrogens is 308 g/mol. The Hall–Kier alpha value is -2.76. The van der Waals surface area contributed by atoms with Gasteiger partial charge in [0, 0.05) is 26.2 Å². The first-order valence-corrected chi connectivity index (χ1v) is 7.90. The normalized spacial score (nSPS) is 14.8. The van der Waals surface area contributed by atoms with Crippen molar-refractivity contribution in [2.24, 2.45) is 0 Å². The molecule has 2 amide bonds. The van der Waals surface area contributed by atoms with E-state index in [-0.39, 0.29) is 17.6 Å². The quantitative estimate of drug-likeness (QED) is 0.917. The zero-order valence-corrected chi connectivity index (χ0v) is 13.8. The maximum Gasteiger partial charge on any atom is 0.289 e. The summed E-state index contributed by atoms with van der Waals surface area (Å²) in [6.45, 7) is 5.41. The van der Waals surface area contributed by atoms with Crippen LogP contribution in [0.2, 0.25) is 0 Å². The van der Waals surface area contributed by atoms with E-state index in [1.54, 1.807) is 41.0 Å². The van der Waals surface area contributed by atoms with Crippen molar-refractivity contribution >= 4 is 11.8 Å². The zero-order valence-electron chi connectivity index (χ0n) is 13.8. The van der Waals surface area contributed by atoms with Crippen LogP contribution >= 0.6 is 0 Å². The van der Waals surface area contributed by atoms with Crippen LogP contribution in [0.15, 0.2) is 34.7 Å². The van der Waals surface area contributed by atoms with Crippen LogP contribution < -0.4 is 0 Å². The Labute approximate surface area is 140 Å². The van der Waals surface area contributed by atoms with Crippen molar-refractivity contribution < 1.29 is 19.1 Å². The number of hydrogen-bond donors (Lipinski definition) is 1. The van der Waals surface area contributed by atoms with Crippen molar-refractivity contribution in [2.45, 2.75) is 13.8 Å². The molecule has 0 aliphatic carbocycles. The van der Waals surface area contributed by atoms with E-state index < -0.39 is 0 Å². The van der Waals surface area contributed by atoms with Crippen molar-refractivity contribution in [3.8, 4) is 5.75 Å². The van der Waals surface area contributed by atoms with Gasteiger partial charge in [0.1, 0.15) is 11.5 Å². The average Bonchev–Trinajstić information content (AvgIpc) is 3.02. The lowest BCUT2D eigenvalue weighted by molar-refractivity contribution is 0.0516. The molecule has 1 fully saturated rings. The number of phenols is 1. The number of furan rings is 1. The second-order valence-corrected chi connectivity index (χ2v) is 6.02. The summed E-state index contributed by atoms with van der Waals surface area (Å²) in [6.07, 6.45) is 0. The van der Waals surface area contributed by atoms with E-state index in [0.717, 1.165) is 5.56 Å². The van der Waals surface area contributed by atoms with Crippen molar-refractivity contribution in [3.63, 3.8) is 0 Å². The molecule has 1 aliphatic heterocycles. The van der Waals surface area contributed by atoms with E-state index in [1.807, 2.05) is 6.92 Å². The molecule has 0 radical (unpaired) electrons. The lowest BCUT2D eigenvalue weighted by atomic mass is 10.1. The van der Waals surface area contributed by atoms with Gasteiger partial charge >= 0.3 is 0 Å². The Bertz CT molecular complexity index is 773. The van der Waals surface area contributed by atoms with Gasteiger partial charge in [-0.05, 0) is 38.1 Å². The first-order chi connectivity index (χ1) is 11.5. The van der Waals surface area contributed by atoms with Gasteiger partial charge in [-0.2, -0.15) is 0 Å². The molecule has 1 aliphatic rings. The van der Waals surface area contributed by atoms with Gasteiger partial charge in [-0.25, -0.2) is 0 Å². The molecule has 2 aromatic rings. The molecule has 6 heteroatoms. The summed E-state index contributed by atoms with van der Waals surface area (Å²) >= 11 is 0. The molecule has 0 unspecified atom stereocenters. The summed E-state index contributed by atoms with van der Waals surface area (Å²) < 4.78 is 5.37. The smallest absolute Gasteiger partial charge is 0.289 e. The fourth-order valence-corrected chi connectivity index (χ4v) is 2.81. The highest BCUT2D eigenvalue weighted by Crippen LogP contribution is 2.21. The van der Waals surface area contributed by atoms with Gasteiger partial charge in [0.15, 0.2) is 5.76 Å². The molecule has 0 atom stereocenters. The number of aryl methyl sites for hydroxylation is 2. The number of nitrogens with zero attached hydrogens (tertiary/aromatic N) is 2. The van der Waals surface area contributed by atoms with Crippen molar-refractivity contribution in [3.05, 3.63) is 53.0 Å². The van der Waals surface area contributed by atoms with Crippen LogP contribution in [-0.4, -0.2) is 52.9 Å². The SMILES string of the molecule is Cc1ccc(O)c(C(=O)N2CCN(C(=O)c3ccc(C)o3)CC2)c1. The molecule has 0 bridgehead atoms. The molecule has 24 heavy (non-hydrogen) atoms. The molecule has 1 aromatic heterocycles. The molecule has 3 rings (SSSR count). The van der Waals surface area contributed by atoms with Crippen LogP contribution in [0.1, 0.15) is 32.2 Å². The first-order valence-electron chi connectivity index (χ1n) is 7.90. The van der Waals surface area contributed by atoms with Crippen molar-refractivity contribution in [1.29, 1.82) is 0 Å². The Kier molecular flexibility index (Phi) is 4.29. The van der Waals surface area contributed by atoms with Crippen LogP contribution in [-0.2, 0) is 0 Å². The number of rotatable bonds is 2. The number of amides is 2. The van der Waals surface area contributed by atoms with E-state index >= 15 is 0 Å². The number of phenolic OH excluding ortho intramolecular Hbond substituents is 1. The zero-order chi connectivity index (χ0) is 17.3. The minimum absolute atomic E-state index is 0.0184. The number of carbonyl (C=O) groups is 2. The largest absolute Gasteiger partial charge is 0.507 e. The molecule has 0 saturated carbocycles. The molecule has 126 valence electrons. The summed E-state index contributed by atoms with van der Waals surface area (Å²) in [6, 6.07) is 8.39. The molecule has 1 N–H and O–H groups in total. The maximum absolute atomic E-state index is 12.6. The van der Waals surface area contributed by atoms with Crippen LogP contribution in [0.4, 0.5) is 0 Å². The lowest BCUT2D eigenvalue weighted by Gasteiger charge is -2.34. The lowest BCUT2D eigenvalue weighted by Crippen LogP contribution is -2.50. The minimum atomic E-state index is -0.211. The summed E-state index contributed by atoms with van der Waals surface area (Å²) in [4.78, 5) is 28.3. The van der Waals surface area contributed by atoms with Gasteiger partial charge in [-0.15, -0.1) is 0 Å². The molecule has 1 aromatic carbocycles. The highest BCUT2D eigenvalue weighted by Gasteiger charge is 2.27. The highest BCUT2D eigenvalue weighted by atomic mass is 16.3.